The standard InChI is InChI=1S/C16H21N3O2S/c20-16-14-9-13(15-4-2-8-22-15)17-19(14)6-5-18(16)10-12-3-1-7-21-11-12/h2,4-6,8,12-14,17H,1,3,7,9-11H2. The van der Waals surface area contributed by atoms with E-state index in [4.69, 9.17) is 4.74 Å². The molecule has 3 aliphatic rings. The Morgan fingerprint density at radius 3 is 3.14 bits per heavy atom. The van der Waals surface area contributed by atoms with Crippen LogP contribution in [-0.4, -0.2) is 41.6 Å². The van der Waals surface area contributed by atoms with E-state index < -0.39 is 0 Å². The molecule has 1 N–H and O–H groups in total. The molecule has 4 heterocycles. The molecule has 4 rings (SSSR count). The van der Waals surface area contributed by atoms with E-state index in [0.29, 0.717) is 5.92 Å². The van der Waals surface area contributed by atoms with Gasteiger partial charge in [0.15, 0.2) is 0 Å². The van der Waals surface area contributed by atoms with Gasteiger partial charge in [-0.05, 0) is 24.3 Å². The second-order valence-corrected chi connectivity index (χ2v) is 7.21. The summed E-state index contributed by atoms with van der Waals surface area (Å²) in [6.07, 6.45) is 7.01. The molecule has 0 aliphatic carbocycles. The van der Waals surface area contributed by atoms with Crippen molar-refractivity contribution < 1.29 is 9.53 Å². The van der Waals surface area contributed by atoms with E-state index in [-0.39, 0.29) is 18.0 Å². The summed E-state index contributed by atoms with van der Waals surface area (Å²) in [4.78, 5) is 15.9. The van der Waals surface area contributed by atoms with Crippen LogP contribution in [0.5, 0.6) is 0 Å². The molecule has 2 saturated heterocycles. The quantitative estimate of drug-likeness (QED) is 0.927. The second-order valence-electron chi connectivity index (χ2n) is 6.23. The second kappa shape index (κ2) is 6.02. The Hall–Kier alpha value is -1.37. The molecule has 118 valence electrons. The van der Waals surface area contributed by atoms with Crippen molar-refractivity contribution in [3.8, 4) is 0 Å². The normalized spacial score (nSPS) is 31.6. The summed E-state index contributed by atoms with van der Waals surface area (Å²) in [5.74, 6) is 0.677. The molecular formula is C16H21N3O2S. The maximum Gasteiger partial charge on any atom is 0.250 e. The molecule has 0 radical (unpaired) electrons. The number of ether oxygens (including phenoxy) is 1. The molecule has 0 aromatic carbocycles. The third-order valence-electron chi connectivity index (χ3n) is 4.67. The smallest absolute Gasteiger partial charge is 0.250 e. The molecule has 5 nitrogen and oxygen atoms in total. The number of amides is 1. The third kappa shape index (κ3) is 2.66. The molecule has 22 heavy (non-hydrogen) atoms. The molecule has 0 bridgehead atoms. The highest BCUT2D eigenvalue weighted by molar-refractivity contribution is 7.10. The summed E-state index contributed by atoms with van der Waals surface area (Å²) in [5.41, 5.74) is 3.43. The predicted molar refractivity (Wildman–Crippen MR) is 84.8 cm³/mol. The van der Waals surface area contributed by atoms with Gasteiger partial charge < -0.3 is 14.6 Å². The number of fused-ring (bicyclic) bond motifs is 1. The first-order valence-electron chi connectivity index (χ1n) is 7.96. The van der Waals surface area contributed by atoms with Crippen molar-refractivity contribution in [2.75, 3.05) is 19.8 Å². The first kappa shape index (κ1) is 14.2. The molecular weight excluding hydrogens is 298 g/mol. The zero-order chi connectivity index (χ0) is 14.9. The highest BCUT2D eigenvalue weighted by Crippen LogP contribution is 2.33. The molecule has 0 saturated carbocycles. The van der Waals surface area contributed by atoms with Crippen molar-refractivity contribution in [3.05, 3.63) is 34.8 Å². The molecule has 3 atom stereocenters. The highest BCUT2D eigenvalue weighted by Gasteiger charge is 2.40. The van der Waals surface area contributed by atoms with Crippen LogP contribution in [0.4, 0.5) is 0 Å². The number of nitrogens with zero attached hydrogens (tertiary/aromatic N) is 2. The fraction of sp³-hybridized carbons (Fsp3) is 0.562. The van der Waals surface area contributed by atoms with Crippen molar-refractivity contribution in [3.63, 3.8) is 0 Å². The van der Waals surface area contributed by atoms with Gasteiger partial charge in [-0.3, -0.25) is 4.79 Å². The largest absolute Gasteiger partial charge is 0.381 e. The van der Waals surface area contributed by atoms with Crippen molar-refractivity contribution in [1.82, 2.24) is 15.3 Å². The number of hydrazine groups is 1. The molecule has 0 spiro atoms. The minimum atomic E-state index is -0.0818. The van der Waals surface area contributed by atoms with Crippen LogP contribution >= 0.6 is 11.3 Å². The van der Waals surface area contributed by atoms with E-state index in [1.165, 1.54) is 4.88 Å². The Morgan fingerprint density at radius 2 is 2.36 bits per heavy atom. The van der Waals surface area contributed by atoms with Crippen molar-refractivity contribution >= 4 is 17.2 Å². The zero-order valence-electron chi connectivity index (χ0n) is 12.5. The van der Waals surface area contributed by atoms with Gasteiger partial charge >= 0.3 is 0 Å². The Morgan fingerprint density at radius 1 is 1.41 bits per heavy atom. The van der Waals surface area contributed by atoms with E-state index in [1.54, 1.807) is 11.3 Å². The van der Waals surface area contributed by atoms with E-state index in [9.17, 15) is 4.79 Å². The van der Waals surface area contributed by atoms with Crippen molar-refractivity contribution in [1.29, 1.82) is 0 Å². The summed E-state index contributed by atoms with van der Waals surface area (Å²) in [6.45, 7) is 2.43. The number of hydrogen-bond donors (Lipinski definition) is 1. The van der Waals surface area contributed by atoms with E-state index in [1.807, 2.05) is 22.3 Å². The monoisotopic (exact) mass is 319 g/mol. The van der Waals surface area contributed by atoms with Crippen LogP contribution in [0, 0.1) is 5.92 Å². The molecule has 2 fully saturated rings. The Kier molecular flexibility index (Phi) is 3.90. The number of rotatable bonds is 3. The van der Waals surface area contributed by atoms with Gasteiger partial charge in [-0.1, -0.05) is 6.07 Å². The topological polar surface area (TPSA) is 44.8 Å². The van der Waals surface area contributed by atoms with E-state index in [2.05, 4.69) is 22.9 Å². The molecule has 1 aromatic rings. The van der Waals surface area contributed by atoms with E-state index in [0.717, 1.165) is 39.0 Å². The van der Waals surface area contributed by atoms with Gasteiger partial charge in [0.25, 0.3) is 5.91 Å². The van der Waals surface area contributed by atoms with Crippen LogP contribution in [-0.2, 0) is 9.53 Å². The number of carbonyl (C=O) groups is 1. The fourth-order valence-electron chi connectivity index (χ4n) is 3.49. The fourth-order valence-corrected chi connectivity index (χ4v) is 4.28. The summed E-state index contributed by atoms with van der Waals surface area (Å²) in [5, 5.41) is 4.06. The number of nitrogens with one attached hydrogen (secondary N) is 1. The summed E-state index contributed by atoms with van der Waals surface area (Å²) in [7, 11) is 0. The van der Waals surface area contributed by atoms with Gasteiger partial charge in [0.2, 0.25) is 0 Å². The lowest BCUT2D eigenvalue weighted by Crippen LogP contribution is -2.49. The summed E-state index contributed by atoms with van der Waals surface area (Å²) in [6, 6.07) is 4.36. The van der Waals surface area contributed by atoms with Crippen LogP contribution in [0.2, 0.25) is 0 Å². The first-order valence-corrected chi connectivity index (χ1v) is 8.83. The first-order chi connectivity index (χ1) is 10.8. The van der Waals surface area contributed by atoms with Crippen LogP contribution < -0.4 is 5.43 Å². The maximum absolute atomic E-state index is 12.8. The van der Waals surface area contributed by atoms with Gasteiger partial charge in [-0.25, -0.2) is 5.43 Å². The zero-order valence-corrected chi connectivity index (χ0v) is 13.3. The number of hydrogen-bond acceptors (Lipinski definition) is 5. The Labute approximate surface area is 134 Å². The van der Waals surface area contributed by atoms with Crippen molar-refractivity contribution in [2.45, 2.75) is 31.3 Å². The average molecular weight is 319 g/mol. The van der Waals surface area contributed by atoms with Crippen LogP contribution in [0.1, 0.15) is 30.2 Å². The maximum atomic E-state index is 12.8. The number of thiophene rings is 1. The molecule has 6 heteroatoms. The lowest BCUT2D eigenvalue weighted by Gasteiger charge is -2.34. The Balaban J connectivity index is 1.42. The summed E-state index contributed by atoms with van der Waals surface area (Å²) >= 11 is 1.74. The lowest BCUT2D eigenvalue weighted by molar-refractivity contribution is -0.135. The van der Waals surface area contributed by atoms with Gasteiger partial charge in [0.1, 0.15) is 6.04 Å². The highest BCUT2D eigenvalue weighted by atomic mass is 32.1. The molecule has 3 unspecified atom stereocenters. The van der Waals surface area contributed by atoms with Crippen LogP contribution in [0.15, 0.2) is 29.9 Å². The SMILES string of the molecule is O=C1C2CC(c3cccs3)NN2C=CN1CC1CCCOC1. The minimum Gasteiger partial charge on any atom is -0.381 e. The predicted octanol–water partition coefficient (Wildman–Crippen LogP) is 2.11. The molecule has 1 aromatic heterocycles. The van der Waals surface area contributed by atoms with Gasteiger partial charge in [-0.2, -0.15) is 0 Å². The Bertz CT molecular complexity index is 554. The number of carbonyl (C=O) groups excluding carboxylic acids is 1. The van der Waals surface area contributed by atoms with Gasteiger partial charge in [-0.15, -0.1) is 11.3 Å². The van der Waals surface area contributed by atoms with E-state index >= 15 is 0 Å². The lowest BCUT2D eigenvalue weighted by atomic mass is 10.0. The van der Waals surface area contributed by atoms with Gasteiger partial charge in [0.05, 0.1) is 12.6 Å². The molecule has 1 amide bonds. The van der Waals surface area contributed by atoms with Gasteiger partial charge in [0, 0.05) is 42.8 Å². The average Bonchev–Trinajstić information content (AvgIpc) is 3.20. The van der Waals surface area contributed by atoms with Crippen LogP contribution in [0.25, 0.3) is 0 Å². The van der Waals surface area contributed by atoms with Crippen LogP contribution in [0.3, 0.4) is 0 Å². The molecule has 3 aliphatic heterocycles. The van der Waals surface area contributed by atoms with Crippen molar-refractivity contribution in [2.24, 2.45) is 5.92 Å². The minimum absolute atomic E-state index is 0.0818. The third-order valence-corrected chi connectivity index (χ3v) is 5.66. The summed E-state index contributed by atoms with van der Waals surface area (Å²) < 4.78 is 5.53.